The molecule has 0 bridgehead atoms. The molecule has 2 N–H and O–H groups in total. The van der Waals surface area contributed by atoms with Gasteiger partial charge in [-0.15, -0.1) is 11.3 Å². The molecule has 2 aliphatic heterocycles. The van der Waals surface area contributed by atoms with E-state index in [1.165, 1.54) is 16.2 Å². The van der Waals surface area contributed by atoms with Crippen molar-refractivity contribution < 1.29 is 27.5 Å². The number of thiazole rings is 1. The molecule has 0 spiro atoms. The summed E-state index contributed by atoms with van der Waals surface area (Å²) in [5, 5.41) is 2.85. The summed E-state index contributed by atoms with van der Waals surface area (Å²) in [6.45, 7) is 2.03. The number of likely N-dealkylation sites (tertiary alicyclic amines) is 1. The molecule has 1 aromatic heterocycles. The highest BCUT2D eigenvalue weighted by Gasteiger charge is 2.45. The van der Waals surface area contributed by atoms with Crippen LogP contribution in [0, 0.1) is 0 Å². The van der Waals surface area contributed by atoms with Gasteiger partial charge in [-0.25, -0.2) is 14.6 Å². The fourth-order valence-electron chi connectivity index (χ4n) is 3.54. The minimum atomic E-state index is -5.10. The monoisotopic (exact) mass is 435 g/mol. The van der Waals surface area contributed by atoms with Gasteiger partial charge in [-0.2, -0.15) is 13.2 Å². The second-order valence-electron chi connectivity index (χ2n) is 7.23. The number of urea groups is 1. The third-order valence-electron chi connectivity index (χ3n) is 5.19. The van der Waals surface area contributed by atoms with Gasteiger partial charge in [-0.3, -0.25) is 9.80 Å². The number of carbonyl (C=O) groups excluding carboxylic acids is 2. The van der Waals surface area contributed by atoms with Crippen molar-refractivity contribution in [2.75, 3.05) is 39.8 Å². The average Bonchev–Trinajstić information content (AvgIpc) is 3.16. The first-order valence-electron chi connectivity index (χ1n) is 9.35. The van der Waals surface area contributed by atoms with Crippen LogP contribution in [0.4, 0.5) is 18.0 Å². The molecule has 0 saturated carbocycles. The Bertz CT molecular complexity index is 736. The second kappa shape index (κ2) is 8.84. The van der Waals surface area contributed by atoms with Crippen LogP contribution >= 0.6 is 11.3 Å². The van der Waals surface area contributed by atoms with Crippen molar-refractivity contribution in [3.8, 4) is 0 Å². The van der Waals surface area contributed by atoms with Crippen LogP contribution in [0.1, 0.15) is 29.5 Å². The highest BCUT2D eigenvalue weighted by molar-refractivity contribution is 7.09. The van der Waals surface area contributed by atoms with E-state index in [4.69, 9.17) is 5.73 Å². The van der Waals surface area contributed by atoms with E-state index in [9.17, 15) is 22.8 Å². The van der Waals surface area contributed by atoms with Gasteiger partial charge in [0, 0.05) is 44.0 Å². The molecular formula is C17H24F3N5O3S. The molecular weight excluding hydrogens is 411 g/mol. The maximum absolute atomic E-state index is 12.9. The van der Waals surface area contributed by atoms with Crippen molar-refractivity contribution in [3.05, 3.63) is 16.1 Å². The Balaban J connectivity index is 1.61. The minimum Gasteiger partial charge on any atom is -0.433 e. The number of esters is 1. The first-order chi connectivity index (χ1) is 13.7. The van der Waals surface area contributed by atoms with E-state index in [-0.39, 0.29) is 19.0 Å². The van der Waals surface area contributed by atoms with E-state index >= 15 is 0 Å². The number of ether oxygens (including phenoxy) is 1. The maximum atomic E-state index is 12.9. The molecule has 1 aromatic rings. The first kappa shape index (κ1) is 21.8. The molecule has 3 heterocycles. The number of piperazine rings is 1. The largest absolute Gasteiger partial charge is 0.491 e. The van der Waals surface area contributed by atoms with Gasteiger partial charge in [-0.05, 0) is 19.9 Å². The Kier molecular flexibility index (Phi) is 6.64. The van der Waals surface area contributed by atoms with E-state index in [0.717, 1.165) is 10.7 Å². The number of carbonyl (C=O) groups is 2. The number of halogens is 3. The Labute approximate surface area is 170 Å². The molecule has 1 unspecified atom stereocenters. The molecule has 2 saturated heterocycles. The SMILES string of the molecule is CN1CCN(C(=O)N2CCC(c3csc(CN)n3)CC2)C(OC(=O)C(F)(F)F)C1. The molecule has 8 nitrogen and oxygen atoms in total. The van der Waals surface area contributed by atoms with Crippen LogP contribution in [0.25, 0.3) is 0 Å². The molecule has 12 heteroatoms. The second-order valence-corrected chi connectivity index (χ2v) is 8.17. The Morgan fingerprint density at radius 3 is 2.55 bits per heavy atom. The van der Waals surface area contributed by atoms with Crippen LogP contribution in [-0.2, 0) is 16.1 Å². The maximum Gasteiger partial charge on any atom is 0.491 e. The van der Waals surface area contributed by atoms with Crippen LogP contribution in [0.15, 0.2) is 5.38 Å². The highest BCUT2D eigenvalue weighted by atomic mass is 32.1. The van der Waals surface area contributed by atoms with Gasteiger partial charge in [0.05, 0.1) is 12.2 Å². The standard InChI is InChI=1S/C17H24F3N5O3S/c1-23-6-7-25(14(9-23)28-15(26)17(18,19)20)16(27)24-4-2-11(3-5-24)12-10-29-13(8-21)22-12/h10-11,14H,2-9,21H2,1H3. The van der Waals surface area contributed by atoms with E-state index in [2.05, 4.69) is 9.72 Å². The van der Waals surface area contributed by atoms with Crippen molar-refractivity contribution in [1.82, 2.24) is 19.7 Å². The van der Waals surface area contributed by atoms with Gasteiger partial charge >= 0.3 is 18.2 Å². The van der Waals surface area contributed by atoms with Gasteiger partial charge in [0.2, 0.25) is 0 Å². The Morgan fingerprint density at radius 1 is 1.28 bits per heavy atom. The summed E-state index contributed by atoms with van der Waals surface area (Å²) in [5.74, 6) is -2.06. The number of nitrogens with two attached hydrogens (primary N) is 1. The highest BCUT2D eigenvalue weighted by Crippen LogP contribution is 2.30. The van der Waals surface area contributed by atoms with Crippen molar-refractivity contribution in [2.45, 2.75) is 37.7 Å². The van der Waals surface area contributed by atoms with Crippen LogP contribution in [0.2, 0.25) is 0 Å². The summed E-state index contributed by atoms with van der Waals surface area (Å²) in [7, 11) is 1.70. The van der Waals surface area contributed by atoms with Gasteiger partial charge in [-0.1, -0.05) is 0 Å². The van der Waals surface area contributed by atoms with E-state index in [1.807, 2.05) is 5.38 Å². The minimum absolute atomic E-state index is 0.0325. The van der Waals surface area contributed by atoms with Gasteiger partial charge in [0.1, 0.15) is 5.01 Å². The zero-order valence-electron chi connectivity index (χ0n) is 16.0. The fraction of sp³-hybridized carbons (Fsp3) is 0.706. The van der Waals surface area contributed by atoms with E-state index in [1.54, 1.807) is 16.8 Å². The third-order valence-corrected chi connectivity index (χ3v) is 6.08. The molecule has 2 fully saturated rings. The molecule has 0 radical (unpaired) electrons. The van der Waals surface area contributed by atoms with E-state index in [0.29, 0.717) is 39.0 Å². The number of hydrogen-bond acceptors (Lipinski definition) is 7. The molecule has 2 aliphatic rings. The lowest BCUT2D eigenvalue weighted by Crippen LogP contribution is -2.60. The van der Waals surface area contributed by atoms with Crippen LogP contribution in [-0.4, -0.2) is 83.9 Å². The number of alkyl halides is 3. The lowest BCUT2D eigenvalue weighted by atomic mass is 9.94. The molecule has 1 atom stereocenters. The molecule has 162 valence electrons. The Hall–Kier alpha value is -1.92. The topological polar surface area (TPSA) is 92.0 Å². The van der Waals surface area contributed by atoms with Crippen LogP contribution < -0.4 is 5.73 Å². The smallest absolute Gasteiger partial charge is 0.433 e. The normalized spacial score (nSPS) is 22.0. The van der Waals surface area contributed by atoms with Crippen LogP contribution in [0.3, 0.4) is 0 Å². The number of nitrogens with zero attached hydrogens (tertiary/aromatic N) is 4. The van der Waals surface area contributed by atoms with Gasteiger partial charge < -0.3 is 15.4 Å². The van der Waals surface area contributed by atoms with Gasteiger partial charge in [0.15, 0.2) is 6.23 Å². The molecule has 3 rings (SSSR count). The van der Waals surface area contributed by atoms with Crippen molar-refractivity contribution in [3.63, 3.8) is 0 Å². The zero-order valence-corrected chi connectivity index (χ0v) is 16.8. The van der Waals surface area contributed by atoms with Crippen molar-refractivity contribution in [2.24, 2.45) is 5.73 Å². The van der Waals surface area contributed by atoms with Crippen molar-refractivity contribution >= 4 is 23.3 Å². The number of piperidine rings is 1. The Morgan fingerprint density at radius 2 is 1.97 bits per heavy atom. The lowest BCUT2D eigenvalue weighted by Gasteiger charge is -2.42. The third kappa shape index (κ3) is 5.17. The summed E-state index contributed by atoms with van der Waals surface area (Å²) in [6.07, 6.45) is -4.95. The summed E-state index contributed by atoms with van der Waals surface area (Å²) in [6, 6.07) is -0.405. The summed E-state index contributed by atoms with van der Waals surface area (Å²) in [5.41, 5.74) is 6.57. The summed E-state index contributed by atoms with van der Waals surface area (Å²) >= 11 is 1.51. The molecule has 0 aliphatic carbocycles. The first-order valence-corrected chi connectivity index (χ1v) is 10.2. The average molecular weight is 435 g/mol. The van der Waals surface area contributed by atoms with Crippen molar-refractivity contribution in [1.29, 1.82) is 0 Å². The predicted molar refractivity (Wildman–Crippen MR) is 99.1 cm³/mol. The predicted octanol–water partition coefficient (Wildman–Crippen LogP) is 1.58. The van der Waals surface area contributed by atoms with Crippen LogP contribution in [0.5, 0.6) is 0 Å². The number of likely N-dealkylation sites (N-methyl/N-ethyl adjacent to an activating group) is 1. The fourth-order valence-corrected chi connectivity index (χ4v) is 4.30. The molecule has 2 amide bonds. The lowest BCUT2D eigenvalue weighted by molar-refractivity contribution is -0.214. The molecule has 29 heavy (non-hydrogen) atoms. The molecule has 0 aromatic carbocycles. The van der Waals surface area contributed by atoms with E-state index < -0.39 is 24.4 Å². The quantitative estimate of drug-likeness (QED) is 0.725. The number of aromatic nitrogens is 1. The number of hydrogen-bond donors (Lipinski definition) is 1. The number of amides is 2. The summed E-state index contributed by atoms with van der Waals surface area (Å²) < 4.78 is 42.4. The zero-order chi connectivity index (χ0) is 21.2. The van der Waals surface area contributed by atoms with Gasteiger partial charge in [0.25, 0.3) is 0 Å². The number of rotatable bonds is 3. The summed E-state index contributed by atoms with van der Waals surface area (Å²) in [4.78, 5) is 33.3.